The van der Waals surface area contributed by atoms with Crippen LogP contribution >= 0.6 is 0 Å². The number of para-hydroxylation sites is 1. The third-order valence-electron chi connectivity index (χ3n) is 4.40. The number of amides is 1. The lowest BCUT2D eigenvalue weighted by Crippen LogP contribution is -2.34. The summed E-state index contributed by atoms with van der Waals surface area (Å²) in [6.07, 6.45) is 4.82. The van der Waals surface area contributed by atoms with E-state index in [-0.39, 0.29) is 5.91 Å². The molecule has 0 atom stereocenters. The maximum Gasteiger partial charge on any atom is 0.246 e. The third kappa shape index (κ3) is 1.12. The standard InChI is InChI=1S/C15H16N2O/c1-16-13-8-4-6-11-10-5-2-3-7-12(10)17(15(11)13)9-14(16)18/h4,6,8H,2-3,5,7,9H2,1H3. The molecule has 1 amide bonds. The maximum atomic E-state index is 12.1. The van der Waals surface area contributed by atoms with Crippen molar-refractivity contribution in [2.24, 2.45) is 0 Å². The lowest BCUT2D eigenvalue weighted by Gasteiger charge is -2.26. The summed E-state index contributed by atoms with van der Waals surface area (Å²) >= 11 is 0. The molecule has 3 nitrogen and oxygen atoms in total. The van der Waals surface area contributed by atoms with Gasteiger partial charge >= 0.3 is 0 Å². The van der Waals surface area contributed by atoms with E-state index < -0.39 is 0 Å². The Morgan fingerprint density at radius 2 is 2.00 bits per heavy atom. The van der Waals surface area contributed by atoms with E-state index in [0.29, 0.717) is 6.54 Å². The van der Waals surface area contributed by atoms with Crippen LogP contribution in [0.25, 0.3) is 10.9 Å². The fraction of sp³-hybridized carbons (Fsp3) is 0.400. The number of carbonyl (C=O) groups is 1. The van der Waals surface area contributed by atoms with Crippen molar-refractivity contribution in [2.45, 2.75) is 32.2 Å². The van der Waals surface area contributed by atoms with Gasteiger partial charge in [0.15, 0.2) is 0 Å². The minimum atomic E-state index is 0.193. The first-order valence-electron chi connectivity index (χ1n) is 6.67. The van der Waals surface area contributed by atoms with Crippen LogP contribution in [0.5, 0.6) is 0 Å². The average Bonchev–Trinajstić information content (AvgIpc) is 2.72. The van der Waals surface area contributed by atoms with Crippen molar-refractivity contribution in [1.29, 1.82) is 0 Å². The largest absolute Gasteiger partial charge is 0.333 e. The molecule has 0 fully saturated rings. The van der Waals surface area contributed by atoms with Crippen LogP contribution in [-0.4, -0.2) is 17.5 Å². The van der Waals surface area contributed by atoms with Gasteiger partial charge in [0.25, 0.3) is 0 Å². The number of hydrogen-bond donors (Lipinski definition) is 0. The monoisotopic (exact) mass is 240 g/mol. The molecule has 0 saturated carbocycles. The van der Waals surface area contributed by atoms with Gasteiger partial charge in [0.2, 0.25) is 5.91 Å². The van der Waals surface area contributed by atoms with Crippen LogP contribution in [0, 0.1) is 0 Å². The zero-order chi connectivity index (χ0) is 12.3. The van der Waals surface area contributed by atoms with Gasteiger partial charge < -0.3 is 9.47 Å². The van der Waals surface area contributed by atoms with Crippen LogP contribution in [0.1, 0.15) is 24.1 Å². The number of anilines is 1. The van der Waals surface area contributed by atoms with Crippen LogP contribution in [0.2, 0.25) is 0 Å². The Labute approximate surface area is 106 Å². The molecular weight excluding hydrogens is 224 g/mol. The van der Waals surface area contributed by atoms with Crippen molar-refractivity contribution >= 4 is 22.5 Å². The highest BCUT2D eigenvalue weighted by Gasteiger charge is 2.28. The predicted molar refractivity (Wildman–Crippen MR) is 72.0 cm³/mol. The van der Waals surface area contributed by atoms with Gasteiger partial charge in [-0.15, -0.1) is 0 Å². The van der Waals surface area contributed by atoms with E-state index in [4.69, 9.17) is 0 Å². The number of aryl methyl sites for hydroxylation is 1. The molecule has 0 bridgehead atoms. The molecule has 2 heterocycles. The number of aromatic nitrogens is 1. The SMILES string of the molecule is CN1C(=O)Cn2c3c(c4cccc1c42)CCCC3. The van der Waals surface area contributed by atoms with Crippen molar-refractivity contribution in [1.82, 2.24) is 4.57 Å². The van der Waals surface area contributed by atoms with E-state index >= 15 is 0 Å². The predicted octanol–water partition coefficient (Wildman–Crippen LogP) is 2.50. The Morgan fingerprint density at radius 3 is 2.89 bits per heavy atom. The summed E-state index contributed by atoms with van der Waals surface area (Å²) in [5, 5.41) is 1.36. The third-order valence-corrected chi connectivity index (χ3v) is 4.40. The van der Waals surface area contributed by atoms with Gasteiger partial charge in [-0.3, -0.25) is 4.79 Å². The summed E-state index contributed by atoms with van der Waals surface area (Å²) in [5.41, 5.74) is 5.23. The number of carbonyl (C=O) groups excluding carboxylic acids is 1. The van der Waals surface area contributed by atoms with E-state index in [2.05, 4.69) is 22.8 Å². The average molecular weight is 240 g/mol. The molecular formula is C15H16N2O. The second-order valence-electron chi connectivity index (χ2n) is 5.34. The van der Waals surface area contributed by atoms with Gasteiger partial charge in [-0.1, -0.05) is 12.1 Å². The lowest BCUT2D eigenvalue weighted by molar-refractivity contribution is -0.119. The zero-order valence-corrected chi connectivity index (χ0v) is 10.6. The fourth-order valence-corrected chi connectivity index (χ4v) is 3.49. The molecule has 1 aromatic heterocycles. The van der Waals surface area contributed by atoms with E-state index in [1.807, 2.05) is 7.05 Å². The molecule has 1 aliphatic heterocycles. The summed E-state index contributed by atoms with van der Waals surface area (Å²) in [6, 6.07) is 6.34. The van der Waals surface area contributed by atoms with Gasteiger partial charge in [0.1, 0.15) is 6.54 Å². The zero-order valence-electron chi connectivity index (χ0n) is 10.6. The van der Waals surface area contributed by atoms with Crippen molar-refractivity contribution in [2.75, 3.05) is 11.9 Å². The van der Waals surface area contributed by atoms with E-state index in [0.717, 1.165) is 12.1 Å². The number of nitrogens with zero attached hydrogens (tertiary/aromatic N) is 2. The Bertz CT molecular complexity index is 669. The van der Waals surface area contributed by atoms with Crippen LogP contribution < -0.4 is 4.90 Å². The molecule has 0 radical (unpaired) electrons. The normalized spacial score (nSPS) is 18.3. The summed E-state index contributed by atoms with van der Waals surface area (Å²) in [6.45, 7) is 0.513. The smallest absolute Gasteiger partial charge is 0.246 e. The first kappa shape index (κ1) is 10.2. The highest BCUT2D eigenvalue weighted by atomic mass is 16.2. The molecule has 0 saturated heterocycles. The van der Waals surface area contributed by atoms with E-state index in [9.17, 15) is 4.79 Å². The van der Waals surface area contributed by atoms with E-state index in [1.165, 1.54) is 41.4 Å². The molecule has 3 heteroatoms. The number of hydrogen-bond acceptors (Lipinski definition) is 1. The number of fused-ring (bicyclic) bond motifs is 3. The molecule has 18 heavy (non-hydrogen) atoms. The summed E-state index contributed by atoms with van der Waals surface area (Å²) < 4.78 is 2.27. The van der Waals surface area contributed by atoms with Crippen molar-refractivity contribution in [3.8, 4) is 0 Å². The molecule has 4 rings (SSSR count). The molecule has 2 aliphatic rings. The van der Waals surface area contributed by atoms with Gasteiger partial charge in [0.05, 0.1) is 11.2 Å². The minimum absolute atomic E-state index is 0.193. The number of rotatable bonds is 0. The van der Waals surface area contributed by atoms with E-state index in [1.54, 1.807) is 4.90 Å². The maximum absolute atomic E-state index is 12.1. The van der Waals surface area contributed by atoms with Crippen LogP contribution in [0.3, 0.4) is 0 Å². The first-order chi connectivity index (χ1) is 8.77. The quantitative estimate of drug-likeness (QED) is 0.694. The molecule has 1 aromatic carbocycles. The summed E-state index contributed by atoms with van der Waals surface area (Å²) in [5.74, 6) is 0.193. The second kappa shape index (κ2) is 3.37. The first-order valence-corrected chi connectivity index (χ1v) is 6.67. The minimum Gasteiger partial charge on any atom is -0.333 e. The molecule has 0 unspecified atom stereocenters. The Morgan fingerprint density at radius 1 is 1.17 bits per heavy atom. The highest BCUT2D eigenvalue weighted by Crippen LogP contribution is 2.38. The summed E-state index contributed by atoms with van der Waals surface area (Å²) in [4.78, 5) is 13.9. The molecule has 1 aliphatic carbocycles. The van der Waals surface area contributed by atoms with Crippen molar-refractivity contribution < 1.29 is 4.79 Å². The lowest BCUT2D eigenvalue weighted by atomic mass is 9.95. The van der Waals surface area contributed by atoms with Crippen molar-refractivity contribution in [3.05, 3.63) is 29.5 Å². The molecule has 0 spiro atoms. The number of likely N-dealkylation sites (N-methyl/N-ethyl adjacent to an activating group) is 1. The fourth-order valence-electron chi connectivity index (χ4n) is 3.49. The molecule has 0 N–H and O–H groups in total. The Balaban J connectivity index is 2.14. The Kier molecular flexibility index (Phi) is 1.91. The van der Waals surface area contributed by atoms with Gasteiger partial charge in [0, 0.05) is 18.1 Å². The van der Waals surface area contributed by atoms with Gasteiger partial charge in [-0.25, -0.2) is 0 Å². The molecule has 92 valence electrons. The second-order valence-corrected chi connectivity index (χ2v) is 5.34. The topological polar surface area (TPSA) is 25.2 Å². The van der Waals surface area contributed by atoms with Crippen LogP contribution in [0.15, 0.2) is 18.2 Å². The number of benzene rings is 1. The van der Waals surface area contributed by atoms with Crippen molar-refractivity contribution in [3.63, 3.8) is 0 Å². The van der Waals surface area contributed by atoms with Gasteiger partial charge in [-0.2, -0.15) is 0 Å². The molecule has 2 aromatic rings. The van der Waals surface area contributed by atoms with Crippen LogP contribution in [-0.2, 0) is 24.2 Å². The highest BCUT2D eigenvalue weighted by molar-refractivity contribution is 6.07. The summed E-state index contributed by atoms with van der Waals surface area (Å²) in [7, 11) is 1.88. The van der Waals surface area contributed by atoms with Crippen LogP contribution in [0.4, 0.5) is 5.69 Å². The Hall–Kier alpha value is -1.77. The van der Waals surface area contributed by atoms with Gasteiger partial charge in [-0.05, 0) is 37.3 Å².